The second kappa shape index (κ2) is 6.17. The van der Waals surface area contributed by atoms with Crippen molar-refractivity contribution >= 4 is 11.6 Å². The van der Waals surface area contributed by atoms with Gasteiger partial charge in [-0.05, 0) is 54.2 Å². The lowest BCUT2D eigenvalue weighted by atomic mass is 9.78. The Balaban J connectivity index is 1.83. The van der Waals surface area contributed by atoms with Crippen LogP contribution in [0.15, 0.2) is 42.5 Å². The van der Waals surface area contributed by atoms with E-state index in [1.165, 1.54) is 23.3 Å². The SMILES string of the molecule is OC(Cc1cc(Cl)ccc1F)C1CCCc2ccccc21. The number of benzene rings is 2. The van der Waals surface area contributed by atoms with Crippen LogP contribution in [0.1, 0.15) is 35.4 Å². The quantitative estimate of drug-likeness (QED) is 0.885. The first-order chi connectivity index (χ1) is 10.1. The summed E-state index contributed by atoms with van der Waals surface area (Å²) in [6.07, 6.45) is 2.78. The van der Waals surface area contributed by atoms with Crippen molar-refractivity contribution < 1.29 is 9.50 Å². The van der Waals surface area contributed by atoms with Gasteiger partial charge in [0.25, 0.3) is 0 Å². The number of rotatable bonds is 3. The number of aryl methyl sites for hydroxylation is 1. The molecule has 0 spiro atoms. The standard InChI is InChI=1S/C18H18ClFO/c19-14-8-9-17(20)13(10-14)11-18(21)16-7-3-5-12-4-1-2-6-15(12)16/h1-2,4,6,8-10,16,18,21H,3,5,7,11H2. The molecule has 0 heterocycles. The Morgan fingerprint density at radius 2 is 2.05 bits per heavy atom. The van der Waals surface area contributed by atoms with Crippen LogP contribution in [0.3, 0.4) is 0 Å². The van der Waals surface area contributed by atoms with Crippen molar-refractivity contribution in [2.24, 2.45) is 0 Å². The lowest BCUT2D eigenvalue weighted by Gasteiger charge is -2.29. The molecule has 0 saturated heterocycles. The molecule has 1 nitrogen and oxygen atoms in total. The third kappa shape index (κ3) is 3.12. The minimum atomic E-state index is -0.584. The van der Waals surface area contributed by atoms with E-state index in [-0.39, 0.29) is 11.7 Å². The van der Waals surface area contributed by atoms with E-state index in [9.17, 15) is 9.50 Å². The highest BCUT2D eigenvalue weighted by Gasteiger charge is 2.27. The molecule has 0 bridgehead atoms. The topological polar surface area (TPSA) is 20.2 Å². The van der Waals surface area contributed by atoms with Crippen LogP contribution in [-0.4, -0.2) is 11.2 Å². The van der Waals surface area contributed by atoms with E-state index in [1.54, 1.807) is 6.07 Å². The summed E-state index contributed by atoms with van der Waals surface area (Å²) < 4.78 is 13.8. The summed E-state index contributed by atoms with van der Waals surface area (Å²) >= 11 is 5.92. The zero-order chi connectivity index (χ0) is 14.8. The molecule has 0 aliphatic heterocycles. The Morgan fingerprint density at radius 3 is 2.90 bits per heavy atom. The molecule has 2 unspecified atom stereocenters. The monoisotopic (exact) mass is 304 g/mol. The molecular weight excluding hydrogens is 287 g/mol. The molecule has 0 fully saturated rings. The van der Waals surface area contributed by atoms with Crippen LogP contribution in [0.2, 0.25) is 5.02 Å². The average molecular weight is 305 g/mol. The smallest absolute Gasteiger partial charge is 0.126 e. The van der Waals surface area contributed by atoms with Gasteiger partial charge in [-0.25, -0.2) is 4.39 Å². The molecule has 2 aromatic carbocycles. The van der Waals surface area contributed by atoms with Gasteiger partial charge < -0.3 is 5.11 Å². The fourth-order valence-corrected chi connectivity index (χ4v) is 3.45. The maximum Gasteiger partial charge on any atom is 0.126 e. The maximum absolute atomic E-state index is 13.8. The van der Waals surface area contributed by atoms with Crippen LogP contribution in [-0.2, 0) is 12.8 Å². The fourth-order valence-electron chi connectivity index (χ4n) is 3.26. The van der Waals surface area contributed by atoms with Crippen LogP contribution in [0.5, 0.6) is 0 Å². The Hall–Kier alpha value is -1.38. The fraction of sp³-hybridized carbons (Fsp3) is 0.333. The van der Waals surface area contributed by atoms with E-state index >= 15 is 0 Å². The van der Waals surface area contributed by atoms with Crippen LogP contribution in [0.25, 0.3) is 0 Å². The zero-order valence-corrected chi connectivity index (χ0v) is 12.5. The highest BCUT2D eigenvalue weighted by molar-refractivity contribution is 6.30. The van der Waals surface area contributed by atoms with E-state index in [4.69, 9.17) is 11.6 Å². The van der Waals surface area contributed by atoms with Gasteiger partial charge in [-0.2, -0.15) is 0 Å². The highest BCUT2D eigenvalue weighted by atomic mass is 35.5. The summed E-state index contributed by atoms with van der Waals surface area (Å²) in [6, 6.07) is 12.7. The summed E-state index contributed by atoms with van der Waals surface area (Å²) in [5.41, 5.74) is 3.00. The number of fused-ring (bicyclic) bond motifs is 1. The van der Waals surface area contributed by atoms with E-state index in [0.29, 0.717) is 17.0 Å². The van der Waals surface area contributed by atoms with Crippen LogP contribution in [0.4, 0.5) is 4.39 Å². The van der Waals surface area contributed by atoms with Crippen LogP contribution < -0.4 is 0 Å². The zero-order valence-electron chi connectivity index (χ0n) is 11.7. The predicted molar refractivity (Wildman–Crippen MR) is 83.2 cm³/mol. The molecule has 3 heteroatoms. The lowest BCUT2D eigenvalue weighted by molar-refractivity contribution is 0.133. The molecule has 1 aliphatic rings. The number of aliphatic hydroxyl groups is 1. The minimum Gasteiger partial charge on any atom is -0.392 e. The molecule has 21 heavy (non-hydrogen) atoms. The van der Waals surface area contributed by atoms with Gasteiger partial charge in [0.1, 0.15) is 5.82 Å². The lowest BCUT2D eigenvalue weighted by Crippen LogP contribution is -2.25. The maximum atomic E-state index is 13.8. The van der Waals surface area contributed by atoms with E-state index < -0.39 is 6.10 Å². The van der Waals surface area contributed by atoms with Gasteiger partial charge in [-0.3, -0.25) is 0 Å². The van der Waals surface area contributed by atoms with Gasteiger partial charge in [0.05, 0.1) is 6.10 Å². The molecule has 0 aromatic heterocycles. The van der Waals surface area contributed by atoms with E-state index in [2.05, 4.69) is 12.1 Å². The molecule has 0 saturated carbocycles. The molecule has 0 radical (unpaired) electrons. The number of aliphatic hydroxyl groups excluding tert-OH is 1. The van der Waals surface area contributed by atoms with Gasteiger partial charge in [0.2, 0.25) is 0 Å². The number of halogens is 2. The van der Waals surface area contributed by atoms with Gasteiger partial charge in [-0.15, -0.1) is 0 Å². The van der Waals surface area contributed by atoms with Gasteiger partial charge in [-0.1, -0.05) is 35.9 Å². The van der Waals surface area contributed by atoms with Crippen molar-refractivity contribution in [2.75, 3.05) is 0 Å². The van der Waals surface area contributed by atoms with Crippen molar-refractivity contribution in [1.29, 1.82) is 0 Å². The summed E-state index contributed by atoms with van der Waals surface area (Å²) in [4.78, 5) is 0. The molecule has 1 N–H and O–H groups in total. The van der Waals surface area contributed by atoms with Crippen molar-refractivity contribution in [3.63, 3.8) is 0 Å². The minimum absolute atomic E-state index is 0.0772. The molecule has 0 amide bonds. The molecule has 2 aromatic rings. The Bertz CT molecular complexity index is 641. The molecular formula is C18H18ClFO. The molecule has 3 rings (SSSR count). The predicted octanol–water partition coefficient (Wildman–Crippen LogP) is 4.50. The first-order valence-electron chi connectivity index (χ1n) is 7.35. The largest absolute Gasteiger partial charge is 0.392 e. The van der Waals surface area contributed by atoms with Crippen molar-refractivity contribution in [1.82, 2.24) is 0 Å². The van der Waals surface area contributed by atoms with Gasteiger partial charge >= 0.3 is 0 Å². The normalized spacial score (nSPS) is 19.1. The van der Waals surface area contributed by atoms with Gasteiger partial charge in [0.15, 0.2) is 0 Å². The second-order valence-electron chi connectivity index (χ2n) is 5.70. The van der Waals surface area contributed by atoms with Crippen molar-refractivity contribution in [3.05, 3.63) is 70.0 Å². The molecule has 1 aliphatic carbocycles. The third-order valence-electron chi connectivity index (χ3n) is 4.32. The summed E-state index contributed by atoms with van der Waals surface area (Å²) in [7, 11) is 0. The summed E-state index contributed by atoms with van der Waals surface area (Å²) in [6.45, 7) is 0. The Kier molecular flexibility index (Phi) is 4.27. The molecule has 110 valence electrons. The first-order valence-corrected chi connectivity index (χ1v) is 7.73. The molecule has 2 atom stereocenters. The van der Waals surface area contributed by atoms with Crippen LogP contribution in [0, 0.1) is 5.82 Å². The Labute approximate surface area is 129 Å². The third-order valence-corrected chi connectivity index (χ3v) is 4.55. The van der Waals surface area contributed by atoms with Crippen molar-refractivity contribution in [3.8, 4) is 0 Å². The van der Waals surface area contributed by atoms with Crippen LogP contribution >= 0.6 is 11.6 Å². The second-order valence-corrected chi connectivity index (χ2v) is 6.14. The van der Waals surface area contributed by atoms with E-state index in [0.717, 1.165) is 19.3 Å². The number of hydrogen-bond donors (Lipinski definition) is 1. The average Bonchev–Trinajstić information content (AvgIpc) is 2.50. The number of hydrogen-bond acceptors (Lipinski definition) is 1. The van der Waals surface area contributed by atoms with Crippen molar-refractivity contribution in [2.45, 2.75) is 37.7 Å². The first kappa shape index (κ1) is 14.6. The van der Waals surface area contributed by atoms with E-state index in [1.807, 2.05) is 12.1 Å². The summed E-state index contributed by atoms with van der Waals surface area (Å²) in [5, 5.41) is 11.1. The summed E-state index contributed by atoms with van der Waals surface area (Å²) in [5.74, 6) is -0.226. The highest BCUT2D eigenvalue weighted by Crippen LogP contribution is 2.35. The van der Waals surface area contributed by atoms with Gasteiger partial charge in [0, 0.05) is 17.4 Å². The Morgan fingerprint density at radius 1 is 1.24 bits per heavy atom.